The number of nitrogens with one attached hydrogen (secondary N) is 1. The number of hydrogen-bond donors (Lipinski definition) is 1. The number of benzene rings is 1. The Morgan fingerprint density at radius 1 is 1.38 bits per heavy atom. The Bertz CT molecular complexity index is 683. The largest absolute Gasteiger partial charge is 0.336 e. The quantitative estimate of drug-likeness (QED) is 0.938. The highest BCUT2D eigenvalue weighted by molar-refractivity contribution is 5.79. The molecule has 0 fully saturated rings. The third-order valence-electron chi connectivity index (χ3n) is 2.80. The van der Waals surface area contributed by atoms with E-state index in [2.05, 4.69) is 10.3 Å². The summed E-state index contributed by atoms with van der Waals surface area (Å²) in [6.07, 6.45) is 3.13. The van der Waals surface area contributed by atoms with Crippen LogP contribution in [-0.2, 0) is 11.2 Å². The molecular formula is C15H11F2N3O. The maximum absolute atomic E-state index is 13.6. The maximum atomic E-state index is 13.6. The second-order valence-corrected chi connectivity index (χ2v) is 4.33. The molecule has 0 radical (unpaired) electrons. The fourth-order valence-corrected chi connectivity index (χ4v) is 1.82. The van der Waals surface area contributed by atoms with Gasteiger partial charge in [-0.2, -0.15) is 5.26 Å². The Kier molecular flexibility index (Phi) is 4.57. The molecule has 1 amide bonds. The van der Waals surface area contributed by atoms with Gasteiger partial charge in [-0.1, -0.05) is 12.1 Å². The van der Waals surface area contributed by atoms with E-state index in [0.717, 1.165) is 12.1 Å². The molecule has 21 heavy (non-hydrogen) atoms. The Labute approximate surface area is 120 Å². The number of nitrogens with zero attached hydrogens (tertiary/aromatic N) is 2. The number of rotatable bonds is 4. The van der Waals surface area contributed by atoms with Crippen molar-refractivity contribution in [1.82, 2.24) is 10.3 Å². The molecule has 4 nitrogen and oxygen atoms in total. The average Bonchev–Trinajstić information content (AvgIpc) is 2.46. The Balaban J connectivity index is 2.09. The summed E-state index contributed by atoms with van der Waals surface area (Å²) in [5.74, 6) is -2.06. The van der Waals surface area contributed by atoms with E-state index in [-0.39, 0.29) is 12.0 Å². The molecule has 0 aliphatic rings. The van der Waals surface area contributed by atoms with E-state index >= 15 is 0 Å². The van der Waals surface area contributed by atoms with Crippen LogP contribution in [0.15, 0.2) is 42.7 Å². The van der Waals surface area contributed by atoms with E-state index in [1.54, 1.807) is 24.4 Å². The van der Waals surface area contributed by atoms with Crippen LogP contribution in [0, 0.1) is 23.0 Å². The summed E-state index contributed by atoms with van der Waals surface area (Å²) in [6, 6.07) is 6.87. The molecule has 0 saturated heterocycles. The third-order valence-corrected chi connectivity index (χ3v) is 2.80. The smallest absolute Gasteiger partial charge is 0.225 e. The minimum atomic E-state index is -1.17. The van der Waals surface area contributed by atoms with E-state index in [1.165, 1.54) is 6.20 Å². The molecule has 106 valence electrons. The first-order valence-corrected chi connectivity index (χ1v) is 6.13. The van der Waals surface area contributed by atoms with Gasteiger partial charge in [-0.15, -0.1) is 0 Å². The van der Waals surface area contributed by atoms with E-state index in [9.17, 15) is 13.6 Å². The van der Waals surface area contributed by atoms with Crippen molar-refractivity contribution in [2.24, 2.45) is 0 Å². The number of halogens is 2. The maximum Gasteiger partial charge on any atom is 0.225 e. The number of amides is 1. The molecule has 1 aromatic heterocycles. The summed E-state index contributed by atoms with van der Waals surface area (Å²) in [6.45, 7) is 0. The minimum absolute atomic E-state index is 0.0227. The van der Waals surface area contributed by atoms with Gasteiger partial charge in [0.25, 0.3) is 0 Å². The van der Waals surface area contributed by atoms with E-state index < -0.39 is 23.6 Å². The zero-order chi connectivity index (χ0) is 15.2. The van der Waals surface area contributed by atoms with Gasteiger partial charge in [0.05, 0.1) is 12.5 Å². The van der Waals surface area contributed by atoms with Crippen molar-refractivity contribution in [1.29, 1.82) is 5.26 Å². The molecule has 0 aliphatic heterocycles. The van der Waals surface area contributed by atoms with Crippen LogP contribution >= 0.6 is 0 Å². The number of carbonyl (C=O) groups is 1. The lowest BCUT2D eigenvalue weighted by Crippen LogP contribution is -2.29. The lowest BCUT2D eigenvalue weighted by atomic mass is 10.1. The first-order valence-electron chi connectivity index (χ1n) is 6.13. The van der Waals surface area contributed by atoms with Gasteiger partial charge in [-0.3, -0.25) is 9.78 Å². The van der Waals surface area contributed by atoms with Crippen LogP contribution in [0.4, 0.5) is 8.78 Å². The van der Waals surface area contributed by atoms with Gasteiger partial charge in [0.2, 0.25) is 5.91 Å². The number of pyridine rings is 1. The van der Waals surface area contributed by atoms with Crippen LogP contribution in [-0.4, -0.2) is 10.9 Å². The lowest BCUT2D eigenvalue weighted by Gasteiger charge is -2.12. The number of hydrogen-bond acceptors (Lipinski definition) is 3. The molecular weight excluding hydrogens is 276 g/mol. The fourth-order valence-electron chi connectivity index (χ4n) is 1.82. The van der Waals surface area contributed by atoms with Gasteiger partial charge < -0.3 is 5.32 Å². The zero-order valence-electron chi connectivity index (χ0n) is 10.9. The van der Waals surface area contributed by atoms with Crippen molar-refractivity contribution in [2.45, 2.75) is 12.5 Å². The molecule has 0 unspecified atom stereocenters. The molecule has 0 saturated carbocycles. The summed E-state index contributed by atoms with van der Waals surface area (Å²) in [4.78, 5) is 15.7. The highest BCUT2D eigenvalue weighted by atomic mass is 19.1. The Hall–Kier alpha value is -2.81. The summed E-state index contributed by atoms with van der Waals surface area (Å²) in [5, 5.41) is 11.5. The molecule has 1 atom stereocenters. The topological polar surface area (TPSA) is 65.8 Å². The minimum Gasteiger partial charge on any atom is -0.336 e. The van der Waals surface area contributed by atoms with Crippen molar-refractivity contribution in [3.8, 4) is 6.07 Å². The molecule has 1 heterocycles. The number of carbonyl (C=O) groups excluding carboxylic acids is 1. The SMILES string of the molecule is N#C[C@@H](NC(=O)Cc1cccnc1)c1ccc(F)cc1F. The van der Waals surface area contributed by atoms with Crippen LogP contribution < -0.4 is 5.32 Å². The first-order chi connectivity index (χ1) is 10.1. The van der Waals surface area contributed by atoms with Crippen molar-refractivity contribution in [3.05, 3.63) is 65.5 Å². The van der Waals surface area contributed by atoms with Crippen molar-refractivity contribution >= 4 is 5.91 Å². The van der Waals surface area contributed by atoms with Gasteiger partial charge in [-0.05, 0) is 17.7 Å². The molecule has 2 aromatic rings. The van der Waals surface area contributed by atoms with Crippen LogP contribution in [0.1, 0.15) is 17.2 Å². The Morgan fingerprint density at radius 3 is 2.81 bits per heavy atom. The molecule has 0 aliphatic carbocycles. The second kappa shape index (κ2) is 6.57. The summed E-state index contributed by atoms with van der Waals surface area (Å²) in [5.41, 5.74) is 0.602. The van der Waals surface area contributed by atoms with Crippen LogP contribution in [0.2, 0.25) is 0 Å². The summed E-state index contributed by atoms with van der Waals surface area (Å²) in [7, 11) is 0. The second-order valence-electron chi connectivity index (χ2n) is 4.33. The molecule has 6 heteroatoms. The van der Waals surface area contributed by atoms with E-state index in [1.807, 2.05) is 0 Å². The van der Waals surface area contributed by atoms with Crippen LogP contribution in [0.3, 0.4) is 0 Å². The van der Waals surface area contributed by atoms with Gasteiger partial charge in [0, 0.05) is 24.0 Å². The average molecular weight is 287 g/mol. The number of aromatic nitrogens is 1. The van der Waals surface area contributed by atoms with Crippen LogP contribution in [0.5, 0.6) is 0 Å². The van der Waals surface area contributed by atoms with Gasteiger partial charge in [-0.25, -0.2) is 8.78 Å². The molecule has 0 bridgehead atoms. The van der Waals surface area contributed by atoms with Gasteiger partial charge >= 0.3 is 0 Å². The molecule has 0 spiro atoms. The molecule has 1 aromatic carbocycles. The first kappa shape index (κ1) is 14.6. The normalized spacial score (nSPS) is 11.5. The number of nitriles is 1. The standard InChI is InChI=1S/C15H11F2N3O/c16-11-3-4-12(13(17)7-11)14(8-18)20-15(21)6-10-2-1-5-19-9-10/h1-5,7,9,14H,6H2,(H,20,21)/t14-/m1/s1. The van der Waals surface area contributed by atoms with Crippen molar-refractivity contribution in [3.63, 3.8) is 0 Å². The van der Waals surface area contributed by atoms with Crippen LogP contribution in [0.25, 0.3) is 0 Å². The van der Waals surface area contributed by atoms with E-state index in [4.69, 9.17) is 5.26 Å². The lowest BCUT2D eigenvalue weighted by molar-refractivity contribution is -0.120. The van der Waals surface area contributed by atoms with E-state index in [0.29, 0.717) is 11.6 Å². The van der Waals surface area contributed by atoms with Crippen molar-refractivity contribution < 1.29 is 13.6 Å². The highest BCUT2D eigenvalue weighted by Gasteiger charge is 2.18. The molecule has 2 rings (SSSR count). The highest BCUT2D eigenvalue weighted by Crippen LogP contribution is 2.17. The predicted molar refractivity (Wildman–Crippen MR) is 70.8 cm³/mol. The molecule has 1 N–H and O–H groups in total. The summed E-state index contributed by atoms with van der Waals surface area (Å²) >= 11 is 0. The summed E-state index contributed by atoms with van der Waals surface area (Å²) < 4.78 is 26.5. The predicted octanol–water partition coefficient (Wildman–Crippen LogP) is 2.28. The monoisotopic (exact) mass is 287 g/mol. The third kappa shape index (κ3) is 3.83. The van der Waals surface area contributed by atoms with Gasteiger partial charge in [0.15, 0.2) is 0 Å². The van der Waals surface area contributed by atoms with Crippen molar-refractivity contribution in [2.75, 3.05) is 0 Å². The van der Waals surface area contributed by atoms with Gasteiger partial charge in [0.1, 0.15) is 17.7 Å². The zero-order valence-corrected chi connectivity index (χ0v) is 10.9. The Morgan fingerprint density at radius 2 is 2.19 bits per heavy atom. The fraction of sp³-hybridized carbons (Fsp3) is 0.133.